The third kappa shape index (κ3) is 7.08. The van der Waals surface area contributed by atoms with E-state index in [0.29, 0.717) is 23.2 Å². The molecule has 0 bridgehead atoms. The molecule has 1 atom stereocenters. The fourth-order valence-electron chi connectivity index (χ4n) is 2.54. The third-order valence-corrected chi connectivity index (χ3v) is 3.96. The average Bonchev–Trinajstić information content (AvgIpc) is 2.58. The number of amides is 1. The van der Waals surface area contributed by atoms with Crippen LogP contribution in [-0.4, -0.2) is 33.3 Å². The number of methoxy groups -OCH3 is 3. The maximum Gasteiger partial charge on any atom is 0.244 e. The van der Waals surface area contributed by atoms with Gasteiger partial charge in [-0.25, -0.2) is 0 Å². The van der Waals surface area contributed by atoms with Crippen molar-refractivity contribution in [1.29, 1.82) is 0 Å². The number of ether oxygens (including phenoxy) is 3. The standard InChI is InChI=1S/C20H31NO4/c1-14(2)8-7-9-15(3)21-20(22)11-10-16-12-18(24-5)19(25-6)13-17(16)23-4/h10-15H,7-9H2,1-6H3,(H,21,22)/b11-10+. The molecule has 0 saturated carbocycles. The van der Waals surface area contributed by atoms with Crippen molar-refractivity contribution in [2.24, 2.45) is 5.92 Å². The molecular formula is C20H31NO4. The number of rotatable bonds is 10. The van der Waals surface area contributed by atoms with E-state index in [4.69, 9.17) is 14.2 Å². The van der Waals surface area contributed by atoms with Gasteiger partial charge in [-0.05, 0) is 31.4 Å². The van der Waals surface area contributed by atoms with Gasteiger partial charge in [0.1, 0.15) is 5.75 Å². The van der Waals surface area contributed by atoms with Gasteiger partial charge in [-0.15, -0.1) is 0 Å². The number of nitrogens with one attached hydrogen (secondary N) is 1. The van der Waals surface area contributed by atoms with E-state index in [2.05, 4.69) is 19.2 Å². The Morgan fingerprint density at radius 3 is 2.16 bits per heavy atom. The number of benzene rings is 1. The van der Waals surface area contributed by atoms with E-state index in [9.17, 15) is 4.79 Å². The predicted octanol–water partition coefficient (Wildman–Crippen LogP) is 4.06. The van der Waals surface area contributed by atoms with Gasteiger partial charge >= 0.3 is 0 Å². The molecule has 1 N–H and O–H groups in total. The lowest BCUT2D eigenvalue weighted by molar-refractivity contribution is -0.117. The summed E-state index contributed by atoms with van der Waals surface area (Å²) in [6.45, 7) is 6.45. The summed E-state index contributed by atoms with van der Waals surface area (Å²) in [5.74, 6) is 2.37. The number of carbonyl (C=O) groups is 1. The smallest absolute Gasteiger partial charge is 0.244 e. The van der Waals surface area contributed by atoms with Crippen LogP contribution < -0.4 is 19.5 Å². The molecule has 1 rings (SSSR count). The molecule has 0 aliphatic carbocycles. The lowest BCUT2D eigenvalue weighted by Gasteiger charge is -2.14. The Morgan fingerprint density at radius 1 is 1.00 bits per heavy atom. The Balaban J connectivity index is 2.72. The largest absolute Gasteiger partial charge is 0.496 e. The Hall–Kier alpha value is -2.17. The molecule has 0 radical (unpaired) electrons. The molecule has 25 heavy (non-hydrogen) atoms. The van der Waals surface area contributed by atoms with Crippen LogP contribution in [0, 0.1) is 5.92 Å². The van der Waals surface area contributed by atoms with Gasteiger partial charge < -0.3 is 19.5 Å². The summed E-state index contributed by atoms with van der Waals surface area (Å²) in [5, 5.41) is 2.99. The Morgan fingerprint density at radius 2 is 1.60 bits per heavy atom. The maximum absolute atomic E-state index is 12.1. The Kier molecular flexibility index (Phi) is 8.89. The molecule has 0 spiro atoms. The van der Waals surface area contributed by atoms with Crippen molar-refractivity contribution < 1.29 is 19.0 Å². The molecule has 0 fully saturated rings. The van der Waals surface area contributed by atoms with Crippen molar-refractivity contribution in [2.75, 3.05) is 21.3 Å². The molecule has 5 nitrogen and oxygen atoms in total. The highest BCUT2D eigenvalue weighted by molar-refractivity contribution is 5.92. The van der Waals surface area contributed by atoms with E-state index in [1.54, 1.807) is 39.5 Å². The minimum Gasteiger partial charge on any atom is -0.496 e. The van der Waals surface area contributed by atoms with Crippen molar-refractivity contribution >= 4 is 12.0 Å². The minimum absolute atomic E-state index is 0.117. The van der Waals surface area contributed by atoms with Gasteiger partial charge in [-0.3, -0.25) is 4.79 Å². The SMILES string of the molecule is COc1cc(OC)c(OC)cc1/C=C/C(=O)NC(C)CCCC(C)C. The first-order valence-corrected chi connectivity index (χ1v) is 8.69. The fraction of sp³-hybridized carbons (Fsp3) is 0.550. The van der Waals surface area contributed by atoms with Crippen LogP contribution in [0.2, 0.25) is 0 Å². The Labute approximate surface area is 151 Å². The van der Waals surface area contributed by atoms with Crippen molar-refractivity contribution in [1.82, 2.24) is 5.32 Å². The topological polar surface area (TPSA) is 56.8 Å². The van der Waals surface area contributed by atoms with Crippen molar-refractivity contribution in [3.05, 3.63) is 23.8 Å². The zero-order chi connectivity index (χ0) is 18.8. The van der Waals surface area contributed by atoms with E-state index in [1.165, 1.54) is 12.5 Å². The maximum atomic E-state index is 12.1. The van der Waals surface area contributed by atoms with Crippen molar-refractivity contribution in [3.63, 3.8) is 0 Å². The van der Waals surface area contributed by atoms with Crippen LogP contribution in [0.3, 0.4) is 0 Å². The molecule has 140 valence electrons. The van der Waals surface area contributed by atoms with Crippen LogP contribution in [0.25, 0.3) is 6.08 Å². The van der Waals surface area contributed by atoms with Crippen molar-refractivity contribution in [2.45, 2.75) is 46.1 Å². The van der Waals surface area contributed by atoms with Gasteiger partial charge in [-0.2, -0.15) is 0 Å². The second-order valence-corrected chi connectivity index (χ2v) is 6.52. The van der Waals surface area contributed by atoms with Gasteiger partial charge in [0.05, 0.1) is 21.3 Å². The van der Waals surface area contributed by atoms with Gasteiger partial charge in [0.15, 0.2) is 11.5 Å². The van der Waals surface area contributed by atoms with Crippen LogP contribution in [0.15, 0.2) is 18.2 Å². The lowest BCUT2D eigenvalue weighted by Crippen LogP contribution is -2.31. The fourth-order valence-corrected chi connectivity index (χ4v) is 2.54. The summed E-state index contributed by atoms with van der Waals surface area (Å²) in [5.41, 5.74) is 0.753. The summed E-state index contributed by atoms with van der Waals surface area (Å²) in [6, 6.07) is 3.68. The molecule has 0 saturated heterocycles. The van der Waals surface area contributed by atoms with Crippen LogP contribution >= 0.6 is 0 Å². The summed E-state index contributed by atoms with van der Waals surface area (Å²) in [4.78, 5) is 12.1. The van der Waals surface area contributed by atoms with Crippen LogP contribution in [0.1, 0.15) is 45.6 Å². The van der Waals surface area contributed by atoms with Crippen LogP contribution in [0.5, 0.6) is 17.2 Å². The summed E-state index contributed by atoms with van der Waals surface area (Å²) in [7, 11) is 4.72. The number of hydrogen-bond acceptors (Lipinski definition) is 4. The first-order chi connectivity index (χ1) is 11.9. The van der Waals surface area contributed by atoms with Gasteiger partial charge in [0.25, 0.3) is 0 Å². The minimum atomic E-state index is -0.117. The van der Waals surface area contributed by atoms with E-state index in [0.717, 1.165) is 18.4 Å². The monoisotopic (exact) mass is 349 g/mol. The zero-order valence-electron chi connectivity index (χ0n) is 16.2. The number of carbonyl (C=O) groups excluding carboxylic acids is 1. The van der Waals surface area contributed by atoms with Crippen LogP contribution in [0.4, 0.5) is 0 Å². The molecule has 1 amide bonds. The quantitative estimate of drug-likeness (QED) is 0.647. The normalized spacial score (nSPS) is 12.3. The van der Waals surface area contributed by atoms with Crippen molar-refractivity contribution in [3.8, 4) is 17.2 Å². The molecule has 1 aromatic rings. The predicted molar refractivity (Wildman–Crippen MR) is 101 cm³/mol. The lowest BCUT2D eigenvalue weighted by atomic mass is 10.0. The zero-order valence-corrected chi connectivity index (χ0v) is 16.2. The average molecular weight is 349 g/mol. The molecule has 0 aliphatic rings. The molecule has 0 aliphatic heterocycles. The Bertz CT molecular complexity index is 581. The first kappa shape index (κ1) is 20.9. The highest BCUT2D eigenvalue weighted by atomic mass is 16.5. The summed E-state index contributed by atoms with van der Waals surface area (Å²) in [6.07, 6.45) is 6.52. The molecule has 1 unspecified atom stereocenters. The molecule has 0 heterocycles. The van der Waals surface area contributed by atoms with E-state index >= 15 is 0 Å². The van der Waals surface area contributed by atoms with Gasteiger partial charge in [0, 0.05) is 23.7 Å². The van der Waals surface area contributed by atoms with E-state index in [-0.39, 0.29) is 11.9 Å². The third-order valence-electron chi connectivity index (χ3n) is 3.96. The molecule has 1 aromatic carbocycles. The van der Waals surface area contributed by atoms with Gasteiger partial charge in [0.2, 0.25) is 5.91 Å². The summed E-state index contributed by atoms with van der Waals surface area (Å²) < 4.78 is 15.9. The van der Waals surface area contributed by atoms with Gasteiger partial charge in [-0.1, -0.05) is 26.7 Å². The highest BCUT2D eigenvalue weighted by Crippen LogP contribution is 2.35. The van der Waals surface area contributed by atoms with E-state index < -0.39 is 0 Å². The molecular weight excluding hydrogens is 318 g/mol. The second kappa shape index (κ2) is 10.6. The molecule has 0 aromatic heterocycles. The number of hydrogen-bond donors (Lipinski definition) is 1. The van der Waals surface area contributed by atoms with Crippen LogP contribution in [-0.2, 0) is 4.79 Å². The summed E-state index contributed by atoms with van der Waals surface area (Å²) >= 11 is 0. The van der Waals surface area contributed by atoms with E-state index in [1.807, 2.05) is 6.92 Å². The second-order valence-electron chi connectivity index (χ2n) is 6.52. The highest BCUT2D eigenvalue weighted by Gasteiger charge is 2.11. The first-order valence-electron chi connectivity index (χ1n) is 8.69. The molecule has 5 heteroatoms.